The highest BCUT2D eigenvalue weighted by Gasteiger charge is 2.25. The molecule has 0 aromatic rings. The third kappa shape index (κ3) is 18.1. The zero-order chi connectivity index (χ0) is 17.6. The molecule has 0 aliphatic heterocycles. The highest BCUT2D eigenvalue weighted by molar-refractivity contribution is 7.45. The van der Waals surface area contributed by atoms with Crippen molar-refractivity contribution in [3.05, 3.63) is 0 Å². The number of unbranched alkanes of at least 4 members (excludes halogenated alkanes) is 6. The van der Waals surface area contributed by atoms with E-state index in [1.54, 1.807) is 0 Å². The fourth-order valence-electron chi connectivity index (χ4n) is 2.44. The molecule has 0 rings (SSSR count). The van der Waals surface area contributed by atoms with Gasteiger partial charge in [0.25, 0.3) is 0 Å². The first-order chi connectivity index (χ1) is 10.1. The second-order valence-electron chi connectivity index (χ2n) is 6.53. The Balaban J connectivity index is 0. The maximum atomic E-state index is 8.88. The van der Waals surface area contributed by atoms with Gasteiger partial charge in [0.2, 0.25) is 0 Å². The van der Waals surface area contributed by atoms with Gasteiger partial charge in [-0.3, -0.25) is 0 Å². The molecule has 3 N–H and O–H groups in total. The average Bonchev–Trinajstić information content (AvgIpc) is 2.38. The summed E-state index contributed by atoms with van der Waals surface area (Å²) in [5.41, 5.74) is 0.432. The van der Waals surface area contributed by atoms with Crippen LogP contribution in [-0.4, -0.2) is 39.2 Å². The summed E-state index contributed by atoms with van der Waals surface area (Å²) < 4.78 is 8.88. The minimum atomic E-state index is -4.64. The minimum Gasteiger partial charge on any atom is -0.304 e. The topological polar surface area (TPSA) is 81.0 Å². The fraction of sp³-hybridized carbons (Fsp3) is 1.00. The summed E-state index contributed by atoms with van der Waals surface area (Å²) in [5, 5.41) is 0. The highest BCUT2D eigenvalue weighted by Crippen LogP contribution is 2.27. The lowest BCUT2D eigenvalue weighted by Gasteiger charge is -2.37. The largest absolute Gasteiger partial charge is 0.466 e. The molecule has 0 fully saturated rings. The molecule has 22 heavy (non-hydrogen) atoms. The second-order valence-corrected chi connectivity index (χ2v) is 7.55. The van der Waals surface area contributed by atoms with Crippen LogP contribution in [0, 0.1) is 0 Å². The van der Waals surface area contributed by atoms with Gasteiger partial charge >= 0.3 is 7.82 Å². The van der Waals surface area contributed by atoms with Crippen LogP contribution in [-0.2, 0) is 4.57 Å². The minimum absolute atomic E-state index is 0.432. The van der Waals surface area contributed by atoms with E-state index in [0.717, 1.165) is 0 Å². The summed E-state index contributed by atoms with van der Waals surface area (Å²) in [6.45, 7) is 7.02. The van der Waals surface area contributed by atoms with E-state index in [2.05, 4.69) is 39.8 Å². The smallest absolute Gasteiger partial charge is 0.304 e. The van der Waals surface area contributed by atoms with Gasteiger partial charge in [0.15, 0.2) is 0 Å². The fourth-order valence-corrected chi connectivity index (χ4v) is 2.44. The monoisotopic (exact) mass is 339 g/mol. The lowest BCUT2D eigenvalue weighted by atomic mass is 9.87. The van der Waals surface area contributed by atoms with E-state index in [-0.39, 0.29) is 0 Å². The first kappa shape index (κ1) is 24.3. The molecular weight excluding hydrogens is 301 g/mol. The van der Waals surface area contributed by atoms with E-state index in [4.69, 9.17) is 19.2 Å². The summed E-state index contributed by atoms with van der Waals surface area (Å²) >= 11 is 0. The Labute approximate surface area is 137 Å². The lowest BCUT2D eigenvalue weighted by molar-refractivity contribution is 0.139. The Morgan fingerprint density at radius 2 is 1.14 bits per heavy atom. The third-order valence-electron chi connectivity index (χ3n) is 4.22. The second kappa shape index (κ2) is 13.5. The number of hydrogen-bond donors (Lipinski definition) is 3. The van der Waals surface area contributed by atoms with Gasteiger partial charge < -0.3 is 19.6 Å². The standard InChI is InChI=1S/C16H35N.H3O4P/c1-6-8-10-12-14-16(3,17(4)5)15-13-11-9-7-2;1-5(2,3)4/h6-15H2,1-5H3;(H3,1,2,3,4). The predicted molar refractivity (Wildman–Crippen MR) is 93.9 cm³/mol. The summed E-state index contributed by atoms with van der Waals surface area (Å²) in [6, 6.07) is 0. The van der Waals surface area contributed by atoms with Gasteiger partial charge in [0, 0.05) is 5.54 Å². The van der Waals surface area contributed by atoms with Crippen LogP contribution in [0.2, 0.25) is 0 Å². The molecule has 0 heterocycles. The van der Waals surface area contributed by atoms with E-state index >= 15 is 0 Å². The highest BCUT2D eigenvalue weighted by atomic mass is 31.2. The number of hydrogen-bond acceptors (Lipinski definition) is 2. The Morgan fingerprint density at radius 1 is 0.818 bits per heavy atom. The molecule has 0 saturated heterocycles. The molecule has 6 heteroatoms. The van der Waals surface area contributed by atoms with E-state index < -0.39 is 7.82 Å². The van der Waals surface area contributed by atoms with Gasteiger partial charge in [-0.25, -0.2) is 4.57 Å². The van der Waals surface area contributed by atoms with Crippen LogP contribution in [0.15, 0.2) is 0 Å². The van der Waals surface area contributed by atoms with E-state index in [1.165, 1.54) is 64.2 Å². The molecule has 0 bridgehead atoms. The predicted octanol–water partition coefficient (Wildman–Crippen LogP) is 4.32. The van der Waals surface area contributed by atoms with Gasteiger partial charge in [-0.2, -0.15) is 0 Å². The zero-order valence-electron chi connectivity index (χ0n) is 15.2. The van der Waals surface area contributed by atoms with Crippen molar-refractivity contribution in [3.63, 3.8) is 0 Å². The molecule has 0 radical (unpaired) electrons. The Morgan fingerprint density at radius 3 is 1.36 bits per heavy atom. The molecule has 0 saturated carbocycles. The van der Waals surface area contributed by atoms with Crippen LogP contribution in [0.4, 0.5) is 0 Å². The van der Waals surface area contributed by atoms with Crippen LogP contribution in [0.5, 0.6) is 0 Å². The molecular formula is C16H38NO4P. The molecule has 0 aromatic carbocycles. The van der Waals surface area contributed by atoms with Gasteiger partial charge in [0.1, 0.15) is 0 Å². The SMILES string of the molecule is CCCCCCC(C)(CCCCCC)N(C)C.O=P(O)(O)O. The van der Waals surface area contributed by atoms with Crippen molar-refractivity contribution >= 4 is 7.82 Å². The molecule has 0 unspecified atom stereocenters. The van der Waals surface area contributed by atoms with Crippen molar-refractivity contribution in [3.8, 4) is 0 Å². The Hall–Kier alpha value is 0.0700. The zero-order valence-corrected chi connectivity index (χ0v) is 16.1. The first-order valence-corrected chi connectivity index (χ1v) is 10.1. The van der Waals surface area contributed by atoms with Crippen molar-refractivity contribution in [1.82, 2.24) is 4.90 Å². The molecule has 0 amide bonds. The molecule has 5 nitrogen and oxygen atoms in total. The molecule has 0 aliphatic carbocycles. The maximum Gasteiger partial charge on any atom is 0.466 e. The molecule has 0 atom stereocenters. The molecule has 0 aromatic heterocycles. The summed E-state index contributed by atoms with van der Waals surface area (Å²) in [4.78, 5) is 24.0. The van der Waals surface area contributed by atoms with Crippen LogP contribution in [0.3, 0.4) is 0 Å². The van der Waals surface area contributed by atoms with E-state index in [9.17, 15) is 0 Å². The number of phosphoric acid groups is 1. The summed E-state index contributed by atoms with van der Waals surface area (Å²) in [6.07, 6.45) is 13.8. The summed E-state index contributed by atoms with van der Waals surface area (Å²) in [7, 11) is -0.140. The quantitative estimate of drug-likeness (QED) is 0.386. The van der Waals surface area contributed by atoms with E-state index in [0.29, 0.717) is 5.54 Å². The maximum absolute atomic E-state index is 8.88. The van der Waals surface area contributed by atoms with Crippen molar-refractivity contribution in [2.45, 2.75) is 90.5 Å². The van der Waals surface area contributed by atoms with Crippen molar-refractivity contribution in [2.24, 2.45) is 0 Å². The van der Waals surface area contributed by atoms with Crippen molar-refractivity contribution in [2.75, 3.05) is 14.1 Å². The Bertz CT molecular complexity index is 272. The molecule has 136 valence electrons. The molecule has 0 aliphatic rings. The van der Waals surface area contributed by atoms with Crippen molar-refractivity contribution < 1.29 is 19.2 Å². The van der Waals surface area contributed by atoms with Gasteiger partial charge in [0.05, 0.1) is 0 Å². The van der Waals surface area contributed by atoms with Gasteiger partial charge in [-0.05, 0) is 33.9 Å². The van der Waals surface area contributed by atoms with Gasteiger partial charge in [-0.1, -0.05) is 65.2 Å². The normalized spacial score (nSPS) is 12.2. The number of nitrogens with zero attached hydrogens (tertiary/aromatic N) is 1. The van der Waals surface area contributed by atoms with Crippen molar-refractivity contribution in [1.29, 1.82) is 0 Å². The van der Waals surface area contributed by atoms with Crippen LogP contribution in [0.25, 0.3) is 0 Å². The van der Waals surface area contributed by atoms with Crippen LogP contribution in [0.1, 0.15) is 85.0 Å². The van der Waals surface area contributed by atoms with E-state index in [1.807, 2.05) is 0 Å². The number of rotatable bonds is 11. The van der Waals surface area contributed by atoms with Crippen LogP contribution >= 0.6 is 7.82 Å². The molecule has 0 spiro atoms. The first-order valence-electron chi connectivity index (χ1n) is 8.52. The average molecular weight is 339 g/mol. The third-order valence-corrected chi connectivity index (χ3v) is 4.22. The Kier molecular flexibility index (Phi) is 14.9. The summed E-state index contributed by atoms with van der Waals surface area (Å²) in [5.74, 6) is 0. The van der Waals surface area contributed by atoms with Gasteiger partial charge in [-0.15, -0.1) is 0 Å². The van der Waals surface area contributed by atoms with Crippen LogP contribution < -0.4 is 0 Å². The lowest BCUT2D eigenvalue weighted by Crippen LogP contribution is -2.41.